The number of hydrogen-bond donors (Lipinski definition) is 6. The Hall–Kier alpha value is -0.886. The molecule has 0 aliphatic heterocycles. The van der Waals surface area contributed by atoms with Crippen LogP contribution in [0.3, 0.4) is 0 Å². The van der Waals surface area contributed by atoms with Crippen LogP contribution in [-0.4, -0.2) is 126 Å². The fourth-order valence-electron chi connectivity index (χ4n) is 1.84. The van der Waals surface area contributed by atoms with Crippen molar-refractivity contribution in [1.29, 1.82) is 0 Å². The van der Waals surface area contributed by atoms with Crippen LogP contribution in [0, 0.1) is 0 Å². The Morgan fingerprint density at radius 1 is 0.630 bits per heavy atom. The molecule has 16 nitrogen and oxygen atoms in total. The van der Waals surface area contributed by atoms with E-state index in [1.54, 1.807) is 11.4 Å². The van der Waals surface area contributed by atoms with Crippen molar-refractivity contribution in [2.45, 2.75) is 118 Å². The van der Waals surface area contributed by atoms with Crippen molar-refractivity contribution < 1.29 is 56.0 Å². The zero-order chi connectivity index (χ0) is 38.9. The number of hydrogen-bond acceptors (Lipinski definition) is 16. The van der Waals surface area contributed by atoms with E-state index in [0.29, 0.717) is 25.6 Å². The normalized spacial score (nSPS) is 11.9. The fourth-order valence-corrected chi connectivity index (χ4v) is 8.95. The zero-order valence-corrected chi connectivity index (χ0v) is 36.5. The van der Waals surface area contributed by atoms with Crippen LogP contribution in [0.5, 0.6) is 0 Å². The van der Waals surface area contributed by atoms with E-state index >= 15 is 0 Å². The van der Waals surface area contributed by atoms with E-state index in [1.807, 2.05) is 18.3 Å². The van der Waals surface area contributed by atoms with Crippen LogP contribution in [0.1, 0.15) is 39.5 Å². The molecule has 0 aliphatic carbocycles. The molecule has 0 spiro atoms. The largest absolute Gasteiger partial charge is 0.373 e. The Morgan fingerprint density at radius 2 is 0.935 bits per heavy atom. The predicted molar refractivity (Wildman–Crippen MR) is 177 cm³/mol. The summed E-state index contributed by atoms with van der Waals surface area (Å²) < 4.78 is 22.2. The summed E-state index contributed by atoms with van der Waals surface area (Å²) in [6.45, 7) is 5.06. The molecule has 0 radical (unpaired) electrons. The zero-order valence-electron chi connectivity index (χ0n) is 29.0. The molecule has 0 aromatic carbocycles. The number of carbonyl (C=O) groups excluding carboxylic acids is 8. The summed E-state index contributed by atoms with van der Waals surface area (Å²) >= 11 is -6.44. The first-order valence-electron chi connectivity index (χ1n) is 13.5. The van der Waals surface area contributed by atoms with Gasteiger partial charge in [-0.15, -0.1) is 0 Å². The molecule has 0 rings (SSSR count). The molecule has 0 fully saturated rings. The van der Waals surface area contributed by atoms with Crippen LogP contribution in [0.4, 0.5) is 0 Å². The molecular formula is C26H60As4N4O12. The third-order valence-electron chi connectivity index (χ3n) is 4.32. The molecule has 4 atom stereocenters. The average molecular weight is 920 g/mol. The first-order chi connectivity index (χ1) is 20.9. The maximum Gasteiger partial charge on any atom is 0.373 e. The van der Waals surface area contributed by atoms with Gasteiger partial charge in [-0.2, -0.15) is 38.4 Å². The number of aliphatic hydroxyl groups excluding tert-OH is 2. The van der Waals surface area contributed by atoms with Gasteiger partial charge in [0.1, 0.15) is 0 Å². The van der Waals surface area contributed by atoms with Crippen LogP contribution in [-0.2, 0) is 45.8 Å². The summed E-state index contributed by atoms with van der Waals surface area (Å²) in [5.41, 5.74) is 37.4. The standard InChI is InChI=1S/C6H16AsNO.C6H16AsN.C5H14AsNO2.C5H14AsNO.4CO2/c1-6(8)4-5-7(2,3)9;1-6(8)4-5-7(2)3;1-6(2,9)5(8)3-4-7;1-6(2)5(8)3-4-7;4*2-1-3/h6H,4-5,8H2,1-3H3;6H,4-5,8H2,1-3H3;5,8H,3-4,7H2,1-2H3;5,8H,3-4,7H2,1-2H3;;;;. The second-order valence-corrected chi connectivity index (χ2v) is 36.1. The van der Waals surface area contributed by atoms with Crippen LogP contribution in [0.2, 0.25) is 56.1 Å². The third kappa shape index (κ3) is 112. The fraction of sp³-hybridized carbons (Fsp3) is 0.846. The van der Waals surface area contributed by atoms with Gasteiger partial charge in [0.25, 0.3) is 0 Å². The first kappa shape index (κ1) is 63.7. The van der Waals surface area contributed by atoms with Gasteiger partial charge >= 0.3 is 252 Å². The molecule has 0 amide bonds. The van der Waals surface area contributed by atoms with E-state index in [4.69, 9.17) is 71.5 Å². The molecule has 0 aliphatic rings. The topological polar surface area (TPSA) is 315 Å². The molecule has 46 heavy (non-hydrogen) atoms. The van der Waals surface area contributed by atoms with E-state index < -0.39 is 46.5 Å². The number of rotatable bonds is 12. The van der Waals surface area contributed by atoms with Crippen molar-refractivity contribution in [2.75, 3.05) is 13.1 Å². The van der Waals surface area contributed by atoms with Crippen molar-refractivity contribution in [3.8, 4) is 0 Å². The summed E-state index contributed by atoms with van der Waals surface area (Å²) in [6.07, 6.45) is 4.38. The van der Waals surface area contributed by atoms with Gasteiger partial charge in [-0.25, -0.2) is 0 Å². The molecule has 0 saturated carbocycles. The number of aliphatic hydroxyl groups is 2. The minimum absolute atomic E-state index is 0.0625. The predicted octanol–water partition coefficient (Wildman–Crippen LogP) is 0.364. The Labute approximate surface area is 288 Å². The Balaban J connectivity index is -0.0000000625. The van der Waals surface area contributed by atoms with Crippen molar-refractivity contribution in [3.63, 3.8) is 0 Å². The van der Waals surface area contributed by atoms with Gasteiger partial charge in [0.2, 0.25) is 0 Å². The van der Waals surface area contributed by atoms with Gasteiger partial charge < -0.3 is 0 Å². The van der Waals surface area contributed by atoms with Crippen molar-refractivity contribution >= 4 is 80.9 Å². The first-order valence-corrected chi connectivity index (χ1v) is 34.9. The van der Waals surface area contributed by atoms with Gasteiger partial charge in [-0.3, -0.25) is 0 Å². The van der Waals surface area contributed by atoms with E-state index in [-0.39, 0.29) is 50.2 Å². The molecule has 276 valence electrons. The van der Waals surface area contributed by atoms with Crippen LogP contribution in [0.25, 0.3) is 0 Å². The van der Waals surface area contributed by atoms with Crippen molar-refractivity contribution in [2.24, 2.45) is 22.9 Å². The molecule has 0 aromatic heterocycles. The van der Waals surface area contributed by atoms with Gasteiger partial charge in [-0.05, 0) is 0 Å². The van der Waals surface area contributed by atoms with Crippen LogP contribution >= 0.6 is 0 Å². The van der Waals surface area contributed by atoms with E-state index in [1.165, 1.54) is 11.6 Å². The Bertz CT molecular complexity index is 803. The molecule has 20 heteroatoms. The van der Waals surface area contributed by atoms with Crippen LogP contribution in [0.15, 0.2) is 0 Å². The van der Waals surface area contributed by atoms with E-state index in [9.17, 15) is 7.48 Å². The molecule has 0 heterocycles. The summed E-state index contributed by atoms with van der Waals surface area (Å²) in [5, 5.41) is 20.4. The third-order valence-corrected chi connectivity index (χ3v) is 16.1. The van der Waals surface area contributed by atoms with Gasteiger partial charge in [-0.1, -0.05) is 0 Å². The molecular weight excluding hydrogens is 860 g/mol. The monoisotopic (exact) mass is 920 g/mol. The van der Waals surface area contributed by atoms with E-state index in [0.717, 1.165) is 18.1 Å². The van der Waals surface area contributed by atoms with Crippen LogP contribution < -0.4 is 22.9 Å². The van der Waals surface area contributed by atoms with Crippen molar-refractivity contribution in [3.05, 3.63) is 0 Å². The molecule has 0 bridgehead atoms. The Morgan fingerprint density at radius 3 is 1.02 bits per heavy atom. The van der Waals surface area contributed by atoms with E-state index in [2.05, 4.69) is 29.8 Å². The minimum Gasteiger partial charge on any atom is -0.186 e. The average Bonchev–Trinajstić information content (AvgIpc) is 2.89. The number of nitrogens with two attached hydrogens (primary N) is 4. The maximum atomic E-state index is 11.1. The van der Waals surface area contributed by atoms with Gasteiger partial charge in [0.05, 0.1) is 0 Å². The smallest absolute Gasteiger partial charge is 0.186 e. The second-order valence-electron chi connectivity index (χ2n) is 10.5. The molecule has 0 aromatic rings. The van der Waals surface area contributed by atoms with Crippen molar-refractivity contribution in [1.82, 2.24) is 0 Å². The quantitative estimate of drug-likeness (QED) is 0.144. The summed E-state index contributed by atoms with van der Waals surface area (Å²) in [4.78, 5) is 64.3. The summed E-state index contributed by atoms with van der Waals surface area (Å²) in [5.74, 6) is 0. The molecule has 10 N–H and O–H groups in total. The van der Waals surface area contributed by atoms with Gasteiger partial charge in [0.15, 0.2) is 0 Å². The Kier molecular flexibility index (Phi) is 67.2. The second kappa shape index (κ2) is 48.5. The maximum absolute atomic E-state index is 11.1. The summed E-state index contributed by atoms with van der Waals surface area (Å²) in [6, 6.07) is 0.631. The summed E-state index contributed by atoms with van der Waals surface area (Å²) in [7, 11) is 0. The minimum atomic E-state index is -2.86. The SMILES string of the molecule is CC(N)CC[As](C)(C)=O.CC(N)CC[As](C)C.C[As](C)(=O)C(O)CCN.C[As](C)C(O)CCN.O=C=O.O=C=O.O=C=O.O=C=O. The molecule has 0 saturated heterocycles. The van der Waals surface area contributed by atoms with Gasteiger partial charge in [0, 0.05) is 0 Å². The molecule has 4 unspecified atom stereocenters.